The minimum absolute atomic E-state index is 0.0755. The van der Waals surface area contributed by atoms with Gasteiger partial charge in [0.15, 0.2) is 0 Å². The molecule has 3 atom stereocenters. The fourth-order valence-corrected chi connectivity index (χ4v) is 5.36. The first-order chi connectivity index (χ1) is 17.4. The molecule has 1 unspecified atom stereocenters. The fraction of sp³-hybridized carbons (Fsp3) is 0.387. The van der Waals surface area contributed by atoms with E-state index in [2.05, 4.69) is 60.0 Å². The number of hydrogen-bond donors (Lipinski definition) is 0. The monoisotopic (exact) mass is 487 g/mol. The summed E-state index contributed by atoms with van der Waals surface area (Å²) in [7, 11) is 0. The quantitative estimate of drug-likeness (QED) is 0.390. The van der Waals surface area contributed by atoms with Crippen molar-refractivity contribution in [2.24, 2.45) is 0 Å². The molecule has 0 aliphatic carbocycles. The van der Waals surface area contributed by atoms with Gasteiger partial charge in [0.1, 0.15) is 5.82 Å². The first-order valence-corrected chi connectivity index (χ1v) is 13.1. The van der Waals surface area contributed by atoms with Gasteiger partial charge < -0.3 is 4.90 Å². The van der Waals surface area contributed by atoms with Crippen LogP contribution in [-0.4, -0.2) is 58.9 Å². The Hall–Kier alpha value is -3.02. The van der Waals surface area contributed by atoms with Gasteiger partial charge in [-0.1, -0.05) is 60.7 Å². The van der Waals surface area contributed by atoms with Crippen LogP contribution in [-0.2, 0) is 6.54 Å². The molecule has 3 aromatic rings. The minimum atomic E-state index is -0.138. The van der Waals surface area contributed by atoms with Gasteiger partial charge in [-0.25, -0.2) is 4.39 Å². The lowest BCUT2D eigenvalue weighted by molar-refractivity contribution is 0.0190. The summed E-state index contributed by atoms with van der Waals surface area (Å²) in [5.41, 5.74) is 3.89. The van der Waals surface area contributed by atoms with Crippen LogP contribution in [0.15, 0.2) is 78.9 Å². The summed E-state index contributed by atoms with van der Waals surface area (Å²) >= 11 is 0. The highest BCUT2D eigenvalue weighted by Gasteiger charge is 2.35. The Labute approximate surface area is 215 Å². The molecule has 36 heavy (non-hydrogen) atoms. The standard InChI is InChI=1S/C31H38FN3O/c1-5-33(6-2)31(36)27-18-16-26(17-19-27)30(25-12-8-7-9-13-25)35-21-23(3)34(20-24(35)4)22-28-14-10-11-15-29(28)32/h7-19,23-24,30H,5-6,20-22H2,1-4H3/t23-,24+,30?/m1/s1. The summed E-state index contributed by atoms with van der Waals surface area (Å²) in [5.74, 6) is -0.0622. The van der Waals surface area contributed by atoms with E-state index in [0.29, 0.717) is 19.6 Å². The zero-order valence-electron chi connectivity index (χ0n) is 21.9. The molecule has 0 spiro atoms. The van der Waals surface area contributed by atoms with Gasteiger partial charge in [-0.3, -0.25) is 14.6 Å². The van der Waals surface area contributed by atoms with Gasteiger partial charge in [-0.2, -0.15) is 0 Å². The minimum Gasteiger partial charge on any atom is -0.339 e. The van der Waals surface area contributed by atoms with E-state index in [4.69, 9.17) is 0 Å². The van der Waals surface area contributed by atoms with Crippen molar-refractivity contribution in [3.8, 4) is 0 Å². The summed E-state index contributed by atoms with van der Waals surface area (Å²) in [4.78, 5) is 19.6. The van der Waals surface area contributed by atoms with E-state index in [9.17, 15) is 9.18 Å². The number of nitrogens with zero attached hydrogens (tertiary/aromatic N) is 3. The van der Waals surface area contributed by atoms with Crippen LogP contribution < -0.4 is 0 Å². The average molecular weight is 488 g/mol. The molecule has 5 heteroatoms. The van der Waals surface area contributed by atoms with Gasteiger partial charge in [-0.15, -0.1) is 0 Å². The van der Waals surface area contributed by atoms with E-state index < -0.39 is 0 Å². The highest BCUT2D eigenvalue weighted by atomic mass is 19.1. The maximum Gasteiger partial charge on any atom is 0.253 e. The van der Waals surface area contributed by atoms with Crippen molar-refractivity contribution in [3.05, 3.63) is 107 Å². The SMILES string of the molecule is CCN(CC)C(=O)c1ccc(C(c2ccccc2)N2C[C@@H](C)N(Cc3ccccc3F)C[C@@H]2C)cc1. The van der Waals surface area contributed by atoms with Crippen LogP contribution in [0, 0.1) is 5.82 Å². The predicted octanol–water partition coefficient (Wildman–Crippen LogP) is 5.99. The fourth-order valence-electron chi connectivity index (χ4n) is 5.36. The van der Waals surface area contributed by atoms with Crippen LogP contribution in [0.4, 0.5) is 4.39 Å². The van der Waals surface area contributed by atoms with Crippen molar-refractivity contribution >= 4 is 5.91 Å². The van der Waals surface area contributed by atoms with Crippen LogP contribution in [0.2, 0.25) is 0 Å². The van der Waals surface area contributed by atoms with E-state index >= 15 is 0 Å². The number of hydrogen-bond acceptors (Lipinski definition) is 3. The summed E-state index contributed by atoms with van der Waals surface area (Å²) in [6.45, 7) is 12.3. The lowest BCUT2D eigenvalue weighted by Gasteiger charge is -2.47. The molecule has 4 nitrogen and oxygen atoms in total. The van der Waals surface area contributed by atoms with E-state index in [1.807, 2.05) is 49.1 Å². The Balaban J connectivity index is 1.59. The van der Waals surface area contributed by atoms with Crippen LogP contribution in [0.25, 0.3) is 0 Å². The van der Waals surface area contributed by atoms with Crippen molar-refractivity contribution in [2.45, 2.75) is 52.4 Å². The molecule has 1 aliphatic heterocycles. The smallest absolute Gasteiger partial charge is 0.253 e. The Morgan fingerprint density at radius 1 is 0.861 bits per heavy atom. The Bertz CT molecular complexity index is 1130. The van der Waals surface area contributed by atoms with Crippen LogP contribution in [0.5, 0.6) is 0 Å². The second-order valence-electron chi connectivity index (χ2n) is 9.83. The number of carbonyl (C=O) groups is 1. The molecule has 4 rings (SSSR count). The second kappa shape index (κ2) is 11.8. The molecule has 0 radical (unpaired) electrons. The normalized spacial score (nSPS) is 19.7. The summed E-state index contributed by atoms with van der Waals surface area (Å²) < 4.78 is 14.3. The lowest BCUT2D eigenvalue weighted by Crippen LogP contribution is -2.56. The zero-order valence-corrected chi connectivity index (χ0v) is 21.9. The van der Waals surface area contributed by atoms with Gasteiger partial charge in [0.2, 0.25) is 0 Å². The maximum atomic E-state index is 14.3. The maximum absolute atomic E-state index is 14.3. The number of rotatable bonds is 8. The summed E-state index contributed by atoms with van der Waals surface area (Å²) in [6.07, 6.45) is 0. The van der Waals surface area contributed by atoms with E-state index in [0.717, 1.165) is 24.2 Å². The van der Waals surface area contributed by atoms with Crippen LogP contribution >= 0.6 is 0 Å². The molecule has 0 bridgehead atoms. The Morgan fingerprint density at radius 3 is 2.11 bits per heavy atom. The number of halogens is 1. The third-order valence-corrected chi connectivity index (χ3v) is 7.47. The zero-order chi connectivity index (χ0) is 25.7. The third kappa shape index (κ3) is 5.69. The van der Waals surface area contributed by atoms with Gasteiger partial charge in [-0.05, 0) is 57.0 Å². The topological polar surface area (TPSA) is 26.8 Å². The molecule has 190 valence electrons. The molecule has 1 saturated heterocycles. The van der Waals surface area contributed by atoms with Crippen LogP contribution in [0.3, 0.4) is 0 Å². The molecule has 0 aromatic heterocycles. The molecular weight excluding hydrogens is 449 g/mol. The van der Waals surface area contributed by atoms with Crippen molar-refractivity contribution in [1.82, 2.24) is 14.7 Å². The summed E-state index contributed by atoms with van der Waals surface area (Å²) in [5, 5.41) is 0. The van der Waals surface area contributed by atoms with E-state index in [1.54, 1.807) is 12.1 Å². The van der Waals surface area contributed by atoms with Gasteiger partial charge >= 0.3 is 0 Å². The molecule has 1 amide bonds. The highest BCUT2D eigenvalue weighted by molar-refractivity contribution is 5.94. The molecule has 0 saturated carbocycles. The number of benzene rings is 3. The Kier molecular flexibility index (Phi) is 8.55. The predicted molar refractivity (Wildman–Crippen MR) is 144 cm³/mol. The van der Waals surface area contributed by atoms with E-state index in [1.165, 1.54) is 11.1 Å². The second-order valence-corrected chi connectivity index (χ2v) is 9.83. The van der Waals surface area contributed by atoms with Gasteiger partial charge in [0, 0.05) is 55.9 Å². The molecule has 1 heterocycles. The first kappa shape index (κ1) is 26.1. The summed E-state index contributed by atoms with van der Waals surface area (Å²) in [6, 6.07) is 26.4. The molecule has 1 fully saturated rings. The van der Waals surface area contributed by atoms with Gasteiger partial charge in [0.05, 0.1) is 6.04 Å². The van der Waals surface area contributed by atoms with E-state index in [-0.39, 0.29) is 29.8 Å². The van der Waals surface area contributed by atoms with Crippen LogP contribution in [0.1, 0.15) is 60.8 Å². The van der Waals surface area contributed by atoms with Crippen molar-refractivity contribution in [3.63, 3.8) is 0 Å². The molecule has 1 aliphatic rings. The third-order valence-electron chi connectivity index (χ3n) is 7.47. The largest absolute Gasteiger partial charge is 0.339 e. The molecular formula is C31H38FN3O. The first-order valence-electron chi connectivity index (χ1n) is 13.1. The number of piperazine rings is 1. The van der Waals surface area contributed by atoms with Crippen molar-refractivity contribution in [1.29, 1.82) is 0 Å². The average Bonchev–Trinajstić information content (AvgIpc) is 2.90. The molecule has 0 N–H and O–H groups in total. The molecule has 3 aromatic carbocycles. The van der Waals surface area contributed by atoms with Gasteiger partial charge in [0.25, 0.3) is 5.91 Å². The number of amides is 1. The van der Waals surface area contributed by atoms with Crippen molar-refractivity contribution < 1.29 is 9.18 Å². The Morgan fingerprint density at radius 2 is 1.47 bits per heavy atom. The van der Waals surface area contributed by atoms with Crippen molar-refractivity contribution in [2.75, 3.05) is 26.2 Å². The lowest BCUT2D eigenvalue weighted by atomic mass is 9.92. The highest BCUT2D eigenvalue weighted by Crippen LogP contribution is 2.34. The number of carbonyl (C=O) groups excluding carboxylic acids is 1.